The number of nitrogens with one attached hydrogen (secondary N) is 2. The predicted molar refractivity (Wildman–Crippen MR) is 74.8 cm³/mol. The van der Waals surface area contributed by atoms with Gasteiger partial charge in [-0.3, -0.25) is 30.4 Å². The van der Waals surface area contributed by atoms with Crippen molar-refractivity contribution in [3.63, 3.8) is 0 Å². The standard InChI is InChI=1S/C11H15N5O5/c1-3-6(2)13-10-8(15(18)19)4-7(11(17)14-12)5-9(10)16(20)21/h4-6,13H,3,12H2,1-2H3,(H,14,17). The highest BCUT2D eigenvalue weighted by atomic mass is 16.6. The topological polar surface area (TPSA) is 153 Å². The Morgan fingerprint density at radius 1 is 1.29 bits per heavy atom. The van der Waals surface area contributed by atoms with E-state index in [2.05, 4.69) is 5.32 Å². The smallest absolute Gasteiger partial charge is 0.300 e. The van der Waals surface area contributed by atoms with E-state index in [9.17, 15) is 25.0 Å². The molecule has 1 aromatic carbocycles. The maximum Gasteiger partial charge on any atom is 0.300 e. The third-order valence-corrected chi connectivity index (χ3v) is 2.89. The van der Waals surface area contributed by atoms with Crippen LogP contribution in [0.4, 0.5) is 17.1 Å². The summed E-state index contributed by atoms with van der Waals surface area (Å²) in [5.41, 5.74) is 0.188. The van der Waals surface area contributed by atoms with Gasteiger partial charge in [-0.1, -0.05) is 6.92 Å². The molecule has 0 aliphatic rings. The number of hydrazine groups is 1. The Morgan fingerprint density at radius 3 is 2.10 bits per heavy atom. The molecule has 10 nitrogen and oxygen atoms in total. The van der Waals surface area contributed by atoms with Crippen LogP contribution in [0.3, 0.4) is 0 Å². The number of nitro benzene ring substituents is 2. The molecule has 0 radical (unpaired) electrons. The second kappa shape index (κ2) is 6.61. The van der Waals surface area contributed by atoms with Crippen LogP contribution in [-0.2, 0) is 0 Å². The highest BCUT2D eigenvalue weighted by molar-refractivity contribution is 5.97. The van der Waals surface area contributed by atoms with Gasteiger partial charge in [-0.2, -0.15) is 0 Å². The number of anilines is 1. The number of hydrogen-bond donors (Lipinski definition) is 3. The Kier molecular flexibility index (Phi) is 5.13. The average molecular weight is 297 g/mol. The van der Waals surface area contributed by atoms with Crippen LogP contribution in [-0.4, -0.2) is 21.8 Å². The number of nitrogens with zero attached hydrogens (tertiary/aromatic N) is 2. The highest BCUT2D eigenvalue weighted by Crippen LogP contribution is 2.36. The molecule has 114 valence electrons. The van der Waals surface area contributed by atoms with Gasteiger partial charge in [0.25, 0.3) is 17.3 Å². The molecular weight excluding hydrogens is 282 g/mol. The van der Waals surface area contributed by atoms with Gasteiger partial charge in [0.05, 0.1) is 15.4 Å². The lowest BCUT2D eigenvalue weighted by molar-refractivity contribution is -0.392. The van der Waals surface area contributed by atoms with E-state index in [4.69, 9.17) is 5.84 Å². The first-order valence-corrected chi connectivity index (χ1v) is 6.06. The molecule has 0 aliphatic carbocycles. The molecular formula is C11H15N5O5. The molecule has 0 fully saturated rings. The van der Waals surface area contributed by atoms with Crippen LogP contribution in [0.15, 0.2) is 12.1 Å². The largest absolute Gasteiger partial charge is 0.371 e. The minimum absolute atomic E-state index is 0.211. The predicted octanol–water partition coefficient (Wildman–Crippen LogP) is 1.32. The van der Waals surface area contributed by atoms with Crippen molar-refractivity contribution in [1.29, 1.82) is 0 Å². The van der Waals surface area contributed by atoms with E-state index in [1.165, 1.54) is 0 Å². The third-order valence-electron chi connectivity index (χ3n) is 2.89. The van der Waals surface area contributed by atoms with Crippen molar-refractivity contribution in [2.45, 2.75) is 26.3 Å². The van der Waals surface area contributed by atoms with Gasteiger partial charge in [-0.25, -0.2) is 5.84 Å². The van der Waals surface area contributed by atoms with E-state index in [1.54, 1.807) is 12.3 Å². The Morgan fingerprint density at radius 2 is 1.76 bits per heavy atom. The maximum absolute atomic E-state index is 11.5. The van der Waals surface area contributed by atoms with Crippen molar-refractivity contribution in [3.05, 3.63) is 37.9 Å². The van der Waals surface area contributed by atoms with Crippen LogP contribution in [0.1, 0.15) is 30.6 Å². The fourth-order valence-electron chi connectivity index (χ4n) is 1.61. The molecule has 0 heterocycles. The van der Waals surface area contributed by atoms with E-state index in [-0.39, 0.29) is 17.3 Å². The van der Waals surface area contributed by atoms with E-state index in [0.29, 0.717) is 6.42 Å². The fourth-order valence-corrected chi connectivity index (χ4v) is 1.61. The summed E-state index contributed by atoms with van der Waals surface area (Å²) in [5, 5.41) is 24.9. The first kappa shape index (κ1) is 16.3. The summed E-state index contributed by atoms with van der Waals surface area (Å²) in [6.07, 6.45) is 0.610. The van der Waals surface area contributed by atoms with E-state index in [1.807, 2.05) is 6.92 Å². The van der Waals surface area contributed by atoms with Crippen LogP contribution >= 0.6 is 0 Å². The van der Waals surface area contributed by atoms with E-state index < -0.39 is 27.1 Å². The number of rotatable bonds is 6. The molecule has 0 spiro atoms. The van der Waals surface area contributed by atoms with Gasteiger partial charge < -0.3 is 5.32 Å². The molecule has 0 saturated carbocycles. The quantitative estimate of drug-likeness (QED) is 0.309. The molecule has 0 aromatic heterocycles. The van der Waals surface area contributed by atoms with E-state index >= 15 is 0 Å². The van der Waals surface area contributed by atoms with Crippen molar-refractivity contribution >= 4 is 23.0 Å². The lowest BCUT2D eigenvalue weighted by Crippen LogP contribution is -2.30. The lowest BCUT2D eigenvalue weighted by Gasteiger charge is -2.14. The number of nitrogen functional groups attached to an aromatic ring is 1. The maximum atomic E-state index is 11.5. The molecule has 1 amide bonds. The zero-order chi connectivity index (χ0) is 16.2. The van der Waals surface area contributed by atoms with Gasteiger partial charge in [-0.15, -0.1) is 0 Å². The zero-order valence-electron chi connectivity index (χ0n) is 11.5. The normalized spacial score (nSPS) is 11.6. The molecule has 21 heavy (non-hydrogen) atoms. The zero-order valence-corrected chi connectivity index (χ0v) is 11.5. The van der Waals surface area contributed by atoms with Crippen LogP contribution in [0.25, 0.3) is 0 Å². The number of hydrogen-bond acceptors (Lipinski definition) is 7. The molecule has 0 saturated heterocycles. The minimum atomic E-state index is -0.851. The SMILES string of the molecule is CCC(C)Nc1c([N+](=O)[O-])cc(C(=O)NN)cc1[N+](=O)[O-]. The summed E-state index contributed by atoms with van der Waals surface area (Å²) in [4.78, 5) is 32.1. The molecule has 4 N–H and O–H groups in total. The summed E-state index contributed by atoms with van der Waals surface area (Å²) in [6.45, 7) is 3.56. The summed E-state index contributed by atoms with van der Waals surface area (Å²) < 4.78 is 0. The number of nitro groups is 2. The monoisotopic (exact) mass is 297 g/mol. The van der Waals surface area contributed by atoms with Gasteiger partial charge >= 0.3 is 0 Å². The van der Waals surface area contributed by atoms with E-state index in [0.717, 1.165) is 12.1 Å². The van der Waals surface area contributed by atoms with Crippen LogP contribution in [0.2, 0.25) is 0 Å². The van der Waals surface area contributed by atoms with Crippen molar-refractivity contribution in [2.75, 3.05) is 5.32 Å². The van der Waals surface area contributed by atoms with Crippen molar-refractivity contribution < 1.29 is 14.6 Å². The first-order chi connectivity index (χ1) is 9.81. The number of amides is 1. The number of nitrogens with two attached hydrogens (primary N) is 1. The van der Waals surface area contributed by atoms with Crippen LogP contribution < -0.4 is 16.6 Å². The molecule has 1 aromatic rings. The molecule has 1 atom stereocenters. The molecule has 0 aliphatic heterocycles. The highest BCUT2D eigenvalue weighted by Gasteiger charge is 2.29. The number of benzene rings is 1. The second-order valence-electron chi connectivity index (χ2n) is 4.33. The Bertz CT molecular complexity index is 553. The first-order valence-electron chi connectivity index (χ1n) is 6.06. The third kappa shape index (κ3) is 3.63. The Balaban J connectivity index is 3.54. The van der Waals surface area contributed by atoms with Crippen LogP contribution in [0.5, 0.6) is 0 Å². The lowest BCUT2D eigenvalue weighted by atomic mass is 10.1. The summed E-state index contributed by atoms with van der Waals surface area (Å²) >= 11 is 0. The van der Waals surface area contributed by atoms with Crippen molar-refractivity contribution in [3.8, 4) is 0 Å². The fraction of sp³-hybridized carbons (Fsp3) is 0.364. The molecule has 10 heteroatoms. The minimum Gasteiger partial charge on any atom is -0.371 e. The summed E-state index contributed by atoms with van der Waals surface area (Å²) in [7, 11) is 0. The van der Waals surface area contributed by atoms with Crippen LogP contribution in [0, 0.1) is 20.2 Å². The second-order valence-corrected chi connectivity index (χ2v) is 4.33. The summed E-state index contributed by atoms with van der Waals surface area (Å²) in [5.74, 6) is 4.09. The molecule has 1 rings (SSSR count). The molecule has 1 unspecified atom stereocenters. The molecule has 0 bridgehead atoms. The van der Waals surface area contributed by atoms with Gasteiger partial charge in [0, 0.05) is 18.2 Å². The van der Waals surface area contributed by atoms with Crippen molar-refractivity contribution in [1.82, 2.24) is 5.43 Å². The Hall–Kier alpha value is -2.75. The number of carbonyl (C=O) groups excluding carboxylic acids is 1. The van der Waals surface area contributed by atoms with Gasteiger partial charge in [0.15, 0.2) is 5.69 Å². The average Bonchev–Trinajstić information content (AvgIpc) is 2.45. The summed E-state index contributed by atoms with van der Waals surface area (Å²) in [6, 6.07) is 1.68. The van der Waals surface area contributed by atoms with Gasteiger partial charge in [0.1, 0.15) is 0 Å². The number of carbonyl (C=O) groups is 1. The van der Waals surface area contributed by atoms with Gasteiger partial charge in [0.2, 0.25) is 0 Å². The van der Waals surface area contributed by atoms with Gasteiger partial charge in [-0.05, 0) is 13.3 Å². The Labute approximate surface area is 119 Å². The van der Waals surface area contributed by atoms with Crippen molar-refractivity contribution in [2.24, 2.45) is 5.84 Å².